The second-order valence-corrected chi connectivity index (χ2v) is 8.18. The molecule has 2 saturated heterocycles. The molecule has 1 N–H and O–H groups in total. The first-order chi connectivity index (χ1) is 13.3. The van der Waals surface area contributed by atoms with Crippen molar-refractivity contribution in [1.29, 1.82) is 10.5 Å². The highest BCUT2D eigenvalue weighted by Crippen LogP contribution is 2.18. The Labute approximate surface area is 166 Å². The lowest BCUT2D eigenvalue weighted by atomic mass is 10.1. The number of nitriles is 2. The van der Waals surface area contributed by atoms with Crippen molar-refractivity contribution in [3.8, 4) is 12.1 Å². The molecule has 0 radical (unpaired) electrons. The fraction of sp³-hybridized carbons (Fsp3) is 0.524. The first kappa shape index (κ1) is 19.6. The van der Waals surface area contributed by atoms with Crippen molar-refractivity contribution in [3.05, 3.63) is 46.8 Å². The lowest BCUT2D eigenvalue weighted by Gasteiger charge is -2.26. The van der Waals surface area contributed by atoms with Crippen molar-refractivity contribution in [2.24, 2.45) is 0 Å². The van der Waals surface area contributed by atoms with E-state index in [1.165, 1.54) is 43.5 Å². The second kappa shape index (κ2) is 10.3. The summed E-state index contributed by atoms with van der Waals surface area (Å²) in [5.41, 5.74) is 2.97. The quantitative estimate of drug-likeness (QED) is 0.578. The number of benzene rings is 1. The van der Waals surface area contributed by atoms with E-state index in [2.05, 4.69) is 39.4 Å². The molecule has 0 atom stereocenters. The van der Waals surface area contributed by atoms with E-state index in [0.717, 1.165) is 37.7 Å². The van der Waals surface area contributed by atoms with Gasteiger partial charge in [-0.05, 0) is 37.1 Å². The van der Waals surface area contributed by atoms with Crippen LogP contribution in [0, 0.1) is 22.7 Å². The van der Waals surface area contributed by atoms with Crippen LogP contribution in [0.25, 0.3) is 0 Å². The number of allylic oxidation sites excluding steroid dienone is 1. The molecular formula is C21H27N5S. The van der Waals surface area contributed by atoms with Crippen molar-refractivity contribution < 1.29 is 0 Å². The van der Waals surface area contributed by atoms with E-state index < -0.39 is 0 Å². The minimum atomic E-state index is 0.183. The molecule has 2 fully saturated rings. The fourth-order valence-electron chi connectivity index (χ4n) is 3.69. The maximum absolute atomic E-state index is 9.06. The Kier molecular flexibility index (Phi) is 7.45. The number of nitrogens with one attached hydrogen (secondary N) is 1. The fourth-order valence-corrected chi connectivity index (χ4v) is 4.60. The standard InChI is InChI=1S/C21H27N5S/c22-14-20(15-23)21-24-7-10-26(21)11-12-27-17-19-6-4-5-18(13-19)16-25-8-2-1-3-9-25/h4-6,13,24H,1-3,7-12,16-17H2. The van der Waals surface area contributed by atoms with E-state index >= 15 is 0 Å². The molecule has 1 aromatic rings. The largest absolute Gasteiger partial charge is 0.368 e. The van der Waals surface area contributed by atoms with E-state index in [1.54, 1.807) is 0 Å². The van der Waals surface area contributed by atoms with Crippen LogP contribution in [0.5, 0.6) is 0 Å². The molecule has 0 spiro atoms. The first-order valence-corrected chi connectivity index (χ1v) is 10.9. The summed E-state index contributed by atoms with van der Waals surface area (Å²) in [5, 5.41) is 21.3. The van der Waals surface area contributed by atoms with E-state index in [0.29, 0.717) is 5.82 Å². The van der Waals surface area contributed by atoms with Gasteiger partial charge < -0.3 is 10.2 Å². The van der Waals surface area contributed by atoms with E-state index in [4.69, 9.17) is 10.5 Å². The summed E-state index contributed by atoms with van der Waals surface area (Å²) >= 11 is 1.91. The van der Waals surface area contributed by atoms with Crippen LogP contribution in [-0.2, 0) is 12.3 Å². The summed E-state index contributed by atoms with van der Waals surface area (Å²) < 4.78 is 0. The Morgan fingerprint density at radius 3 is 2.63 bits per heavy atom. The Morgan fingerprint density at radius 2 is 1.85 bits per heavy atom. The molecule has 2 aliphatic heterocycles. The molecule has 1 aromatic carbocycles. The summed E-state index contributed by atoms with van der Waals surface area (Å²) in [7, 11) is 0. The van der Waals surface area contributed by atoms with Crippen molar-refractivity contribution in [2.75, 3.05) is 38.5 Å². The monoisotopic (exact) mass is 381 g/mol. The zero-order valence-corrected chi connectivity index (χ0v) is 16.6. The maximum atomic E-state index is 9.06. The summed E-state index contributed by atoms with van der Waals surface area (Å²) in [5.74, 6) is 2.67. The van der Waals surface area contributed by atoms with E-state index in [1.807, 2.05) is 23.9 Å². The number of nitrogens with zero attached hydrogens (tertiary/aromatic N) is 4. The van der Waals surface area contributed by atoms with Gasteiger partial charge in [0.1, 0.15) is 18.0 Å². The molecule has 0 unspecified atom stereocenters. The van der Waals surface area contributed by atoms with Gasteiger partial charge in [-0.3, -0.25) is 4.90 Å². The van der Waals surface area contributed by atoms with Gasteiger partial charge in [-0.15, -0.1) is 0 Å². The molecule has 0 saturated carbocycles. The van der Waals surface area contributed by atoms with Crippen LogP contribution in [0.4, 0.5) is 0 Å². The molecule has 5 nitrogen and oxygen atoms in total. The number of thioether (sulfide) groups is 1. The van der Waals surface area contributed by atoms with Crippen molar-refractivity contribution >= 4 is 11.8 Å². The third-order valence-corrected chi connectivity index (χ3v) is 6.08. The van der Waals surface area contributed by atoms with Gasteiger partial charge in [-0.1, -0.05) is 30.7 Å². The molecule has 142 valence electrons. The van der Waals surface area contributed by atoms with Gasteiger partial charge in [0.2, 0.25) is 0 Å². The number of hydrogen-bond acceptors (Lipinski definition) is 6. The van der Waals surface area contributed by atoms with Gasteiger partial charge in [-0.2, -0.15) is 22.3 Å². The Balaban J connectivity index is 1.45. The maximum Gasteiger partial charge on any atom is 0.169 e. The van der Waals surface area contributed by atoms with Crippen LogP contribution in [0.2, 0.25) is 0 Å². The van der Waals surface area contributed by atoms with Gasteiger partial charge in [-0.25, -0.2) is 0 Å². The molecule has 0 aromatic heterocycles. The van der Waals surface area contributed by atoms with Crippen LogP contribution in [0.3, 0.4) is 0 Å². The number of piperidine rings is 1. The van der Waals surface area contributed by atoms with Gasteiger partial charge in [0.25, 0.3) is 0 Å². The van der Waals surface area contributed by atoms with Crippen LogP contribution in [-0.4, -0.2) is 48.3 Å². The highest BCUT2D eigenvalue weighted by molar-refractivity contribution is 7.98. The van der Waals surface area contributed by atoms with Crippen molar-refractivity contribution in [3.63, 3.8) is 0 Å². The summed E-state index contributed by atoms with van der Waals surface area (Å²) in [4.78, 5) is 4.67. The molecule has 6 heteroatoms. The number of likely N-dealkylation sites (tertiary alicyclic amines) is 1. The normalized spacial score (nSPS) is 17.3. The number of rotatable bonds is 7. The number of hydrogen-bond donors (Lipinski definition) is 1. The highest BCUT2D eigenvalue weighted by Gasteiger charge is 2.20. The molecule has 27 heavy (non-hydrogen) atoms. The van der Waals surface area contributed by atoms with Crippen LogP contribution in [0.1, 0.15) is 30.4 Å². The van der Waals surface area contributed by atoms with Crippen LogP contribution in [0.15, 0.2) is 35.7 Å². The van der Waals surface area contributed by atoms with Crippen molar-refractivity contribution in [1.82, 2.24) is 15.1 Å². The van der Waals surface area contributed by atoms with Gasteiger partial charge in [0, 0.05) is 37.7 Å². The minimum absolute atomic E-state index is 0.183. The molecule has 0 amide bonds. The average Bonchev–Trinajstić information content (AvgIpc) is 3.16. The Bertz CT molecular complexity index is 724. The summed E-state index contributed by atoms with van der Waals surface area (Å²) in [6.07, 6.45) is 4.04. The summed E-state index contributed by atoms with van der Waals surface area (Å²) in [6.45, 7) is 6.03. The average molecular weight is 382 g/mol. The van der Waals surface area contributed by atoms with Crippen LogP contribution >= 0.6 is 11.8 Å². The van der Waals surface area contributed by atoms with Crippen molar-refractivity contribution in [2.45, 2.75) is 31.6 Å². The molecule has 2 heterocycles. The smallest absolute Gasteiger partial charge is 0.169 e. The molecule has 2 aliphatic rings. The SMILES string of the molecule is N#CC(C#N)=C1NCCN1CCSCc1cccc(CN2CCCCC2)c1. The minimum Gasteiger partial charge on any atom is -0.368 e. The lowest BCUT2D eigenvalue weighted by Crippen LogP contribution is -2.29. The van der Waals surface area contributed by atoms with E-state index in [9.17, 15) is 0 Å². The van der Waals surface area contributed by atoms with E-state index in [-0.39, 0.29) is 5.57 Å². The zero-order valence-electron chi connectivity index (χ0n) is 15.8. The Hall–Kier alpha value is -2.15. The summed E-state index contributed by atoms with van der Waals surface area (Å²) in [6, 6.07) is 12.9. The predicted octanol–water partition coefficient (Wildman–Crippen LogP) is 3.07. The zero-order chi connectivity index (χ0) is 18.9. The lowest BCUT2D eigenvalue weighted by molar-refractivity contribution is 0.221. The van der Waals surface area contributed by atoms with Gasteiger partial charge >= 0.3 is 0 Å². The van der Waals surface area contributed by atoms with Gasteiger partial charge in [0.05, 0.1) is 0 Å². The highest BCUT2D eigenvalue weighted by atomic mass is 32.2. The third-order valence-electron chi connectivity index (χ3n) is 5.07. The molecule has 0 bridgehead atoms. The molecule has 0 aliphatic carbocycles. The molecular weight excluding hydrogens is 354 g/mol. The van der Waals surface area contributed by atoms with Crippen LogP contribution < -0.4 is 5.32 Å². The molecule has 3 rings (SSSR count). The Morgan fingerprint density at radius 1 is 1.07 bits per heavy atom. The van der Waals surface area contributed by atoms with Gasteiger partial charge in [0.15, 0.2) is 5.57 Å². The predicted molar refractivity (Wildman–Crippen MR) is 110 cm³/mol. The first-order valence-electron chi connectivity index (χ1n) is 9.71. The second-order valence-electron chi connectivity index (χ2n) is 7.07. The topological polar surface area (TPSA) is 66.1 Å². The third kappa shape index (κ3) is 5.66.